The first-order chi connectivity index (χ1) is 24.1. The molecule has 2 aromatic carbocycles. The first kappa shape index (κ1) is 43.9. The molecule has 0 bridgehead atoms. The van der Waals surface area contributed by atoms with Crippen LogP contribution >= 0.6 is 6.83 Å². The van der Waals surface area contributed by atoms with Crippen molar-refractivity contribution in [2.24, 2.45) is 0 Å². The number of sulfone groups is 1. The van der Waals surface area contributed by atoms with Crippen molar-refractivity contribution in [3.05, 3.63) is 59.7 Å². The van der Waals surface area contributed by atoms with Gasteiger partial charge in [-0.05, 0) is 0 Å². The Morgan fingerprint density at radius 3 is 1.28 bits per heavy atom. The summed E-state index contributed by atoms with van der Waals surface area (Å²) in [5, 5.41) is 9.76. The number of carboxylic acids is 1. The fraction of sp³-hybridized carbons (Fsp3) is 0.667. The third kappa shape index (κ3) is 13.7. The molecule has 0 amide bonds. The normalized spacial score (nSPS) is 12.8. The van der Waals surface area contributed by atoms with Gasteiger partial charge in [0.05, 0.1) is 0 Å². The molecule has 0 aromatic heterocycles. The second-order valence-corrected chi connectivity index (χ2v) is 22.2. The number of carboxylic acid groups (broad SMARTS) is 1. The van der Waals surface area contributed by atoms with E-state index in [0.717, 1.165) is 76.0 Å². The van der Waals surface area contributed by atoms with Crippen LogP contribution in [0.5, 0.6) is 0 Å². The molecule has 0 saturated heterocycles. The predicted molar refractivity (Wildman–Crippen MR) is 212 cm³/mol. The van der Waals surface area contributed by atoms with E-state index < -0.39 is 28.6 Å². The number of rotatable bonds is 29. The average Bonchev–Trinajstić information content (AvgIpc) is 3.12. The van der Waals surface area contributed by atoms with E-state index in [0.29, 0.717) is 0 Å². The zero-order chi connectivity index (χ0) is 36.7. The molecule has 0 aliphatic carbocycles. The van der Waals surface area contributed by atoms with Gasteiger partial charge in [0.15, 0.2) is 0 Å². The van der Waals surface area contributed by atoms with E-state index in [9.17, 15) is 23.1 Å². The molecule has 0 radical (unpaired) electrons. The molecular weight excluding hydrogens is 663 g/mol. The monoisotopic (exact) mass is 732 g/mol. The summed E-state index contributed by atoms with van der Waals surface area (Å²) < 4.78 is 35.0. The average molecular weight is 733 g/mol. The summed E-state index contributed by atoms with van der Waals surface area (Å²) in [5.74, 6) is -1.91. The van der Waals surface area contributed by atoms with Crippen molar-refractivity contribution in [2.45, 2.75) is 166 Å². The minimum atomic E-state index is -4.33. The van der Waals surface area contributed by atoms with Crippen LogP contribution in [0.25, 0.3) is 0 Å². The van der Waals surface area contributed by atoms with E-state index in [1.807, 2.05) is 0 Å². The van der Waals surface area contributed by atoms with Crippen molar-refractivity contribution in [2.75, 3.05) is 24.6 Å². The van der Waals surface area contributed by atoms with Gasteiger partial charge in [0, 0.05) is 0 Å². The number of hydrogen-bond donors (Lipinski definition) is 1. The number of aromatic carboxylic acids is 1. The number of hydrogen-bond acceptors (Lipinski definition) is 5. The van der Waals surface area contributed by atoms with Gasteiger partial charge < -0.3 is 0 Å². The summed E-state index contributed by atoms with van der Waals surface area (Å²) in [5.41, 5.74) is -0.325. The molecule has 2 aromatic rings. The number of benzene rings is 2. The maximum absolute atomic E-state index is 14.5. The molecule has 0 spiro atoms. The Balaban J connectivity index is 2.27. The Morgan fingerprint density at radius 2 is 0.860 bits per heavy atom. The molecule has 2 rings (SSSR count). The molecule has 0 aliphatic rings. The van der Waals surface area contributed by atoms with Crippen LogP contribution in [-0.2, 0) is 14.4 Å². The Bertz CT molecular complexity index is 1360. The molecular formula is C42H69O6PS. The van der Waals surface area contributed by atoms with Crippen LogP contribution in [0.2, 0.25) is 0 Å². The van der Waals surface area contributed by atoms with E-state index >= 15 is 0 Å². The molecule has 0 aliphatic heterocycles. The first-order valence-electron chi connectivity index (χ1n) is 20.0. The van der Waals surface area contributed by atoms with Crippen molar-refractivity contribution < 1.29 is 27.6 Å². The summed E-state index contributed by atoms with van der Waals surface area (Å²) in [6, 6.07) is 11.7. The van der Waals surface area contributed by atoms with E-state index in [1.54, 1.807) is 12.1 Å². The van der Waals surface area contributed by atoms with E-state index in [2.05, 4.69) is 27.7 Å². The van der Waals surface area contributed by atoms with Gasteiger partial charge in [-0.25, -0.2) is 0 Å². The molecule has 0 atom stereocenters. The zero-order valence-electron chi connectivity index (χ0n) is 31.9. The molecule has 50 heavy (non-hydrogen) atoms. The van der Waals surface area contributed by atoms with Crippen LogP contribution in [0.1, 0.15) is 177 Å². The van der Waals surface area contributed by atoms with Crippen LogP contribution in [0.3, 0.4) is 0 Å². The molecule has 8 heteroatoms. The zero-order valence-corrected chi connectivity index (χ0v) is 33.6. The van der Waals surface area contributed by atoms with Crippen molar-refractivity contribution >= 4 is 28.6 Å². The van der Waals surface area contributed by atoms with Gasteiger partial charge in [-0.1, -0.05) is 26.2 Å². The molecule has 6 nitrogen and oxygen atoms in total. The SMILES string of the molecule is CCCCCCCCCCCCCCCCP(CCCC)(CCCC)(CCCC)OC(=O)c1ccccc1S(=O)(=O)c1ccccc1C(=O)O. The summed E-state index contributed by atoms with van der Waals surface area (Å²) in [7, 11) is -4.33. The summed E-state index contributed by atoms with van der Waals surface area (Å²) >= 11 is 0. The van der Waals surface area contributed by atoms with E-state index in [-0.39, 0.29) is 20.9 Å². The molecule has 0 saturated carbocycles. The summed E-state index contributed by atoms with van der Waals surface area (Å²) in [4.78, 5) is 25.9. The van der Waals surface area contributed by atoms with Gasteiger partial charge in [-0.3, -0.25) is 0 Å². The fourth-order valence-electron chi connectivity index (χ4n) is 7.38. The van der Waals surface area contributed by atoms with E-state index in [4.69, 9.17) is 4.52 Å². The standard InChI is InChI=1S/C42H69O6PS/c1-5-9-13-14-15-16-17-18-19-20-21-22-23-28-36-49(33-10-6-2,34-11-7-3,35-12-8-4)48-42(45)38-30-25-27-32-40(38)50(46,47)39-31-26-24-29-37(39)41(43)44/h24-27,29-32H,5-23,28,33-36H2,1-4H3,(H,43,44). The van der Waals surface area contributed by atoms with Crippen molar-refractivity contribution in [1.82, 2.24) is 0 Å². The first-order valence-corrected chi connectivity index (χ1v) is 24.4. The molecule has 0 fully saturated rings. The fourth-order valence-corrected chi connectivity index (χ4v) is 15.7. The van der Waals surface area contributed by atoms with Gasteiger partial charge in [0.1, 0.15) is 0 Å². The second-order valence-electron chi connectivity index (χ2n) is 14.6. The minimum absolute atomic E-state index is 0.00727. The van der Waals surface area contributed by atoms with Gasteiger partial charge in [-0.15, -0.1) is 0 Å². The molecule has 0 heterocycles. The van der Waals surface area contributed by atoms with Gasteiger partial charge in [-0.2, -0.15) is 0 Å². The van der Waals surface area contributed by atoms with Crippen molar-refractivity contribution in [3.63, 3.8) is 0 Å². The van der Waals surface area contributed by atoms with Gasteiger partial charge >= 0.3 is 280 Å². The third-order valence-corrected chi connectivity index (χ3v) is 18.8. The predicted octanol–water partition coefficient (Wildman–Crippen LogP) is 12.7. The Hall–Kier alpha value is -2.24. The Labute approximate surface area is 305 Å². The van der Waals surface area contributed by atoms with Crippen molar-refractivity contribution in [1.29, 1.82) is 0 Å². The van der Waals surface area contributed by atoms with Crippen molar-refractivity contribution in [3.8, 4) is 0 Å². The third-order valence-electron chi connectivity index (χ3n) is 10.5. The Kier molecular flexibility index (Phi) is 20.5. The van der Waals surface area contributed by atoms with Crippen LogP contribution in [0.4, 0.5) is 0 Å². The van der Waals surface area contributed by atoms with E-state index in [1.165, 1.54) is 113 Å². The summed E-state index contributed by atoms with van der Waals surface area (Å²) in [6.07, 6.45) is 27.5. The topological polar surface area (TPSA) is 97.7 Å². The summed E-state index contributed by atoms with van der Waals surface area (Å²) in [6.45, 7) is 5.71. The molecule has 1 N–H and O–H groups in total. The van der Waals surface area contributed by atoms with Gasteiger partial charge in [0.25, 0.3) is 0 Å². The maximum atomic E-state index is 14.5. The number of unbranched alkanes of at least 4 members (excludes halogenated alkanes) is 16. The van der Waals surface area contributed by atoms with Crippen LogP contribution in [-0.4, -0.2) is 50.1 Å². The number of carbonyl (C=O) groups is 2. The van der Waals surface area contributed by atoms with Crippen LogP contribution < -0.4 is 0 Å². The molecule has 0 unspecified atom stereocenters. The van der Waals surface area contributed by atoms with Gasteiger partial charge in [0.2, 0.25) is 0 Å². The Morgan fingerprint density at radius 1 is 0.520 bits per heavy atom. The second kappa shape index (κ2) is 23.3. The number of carbonyl (C=O) groups excluding carboxylic acids is 1. The quantitative estimate of drug-likeness (QED) is 0.0660. The van der Waals surface area contributed by atoms with Crippen LogP contribution in [0.15, 0.2) is 58.3 Å². The van der Waals surface area contributed by atoms with Crippen LogP contribution in [0, 0.1) is 0 Å². The molecule has 284 valence electrons.